The minimum absolute atomic E-state index is 0.0197. The first-order chi connectivity index (χ1) is 15.4. The molecule has 4 rings (SSSR count). The van der Waals surface area contributed by atoms with E-state index < -0.39 is 5.60 Å². The highest BCUT2D eigenvalue weighted by atomic mass is 16.5. The van der Waals surface area contributed by atoms with Crippen LogP contribution in [0.4, 0.5) is 5.69 Å². The van der Waals surface area contributed by atoms with Gasteiger partial charge in [-0.15, -0.1) is 0 Å². The average molecular weight is 438 g/mol. The molecule has 0 bridgehead atoms. The van der Waals surface area contributed by atoms with Crippen molar-refractivity contribution in [2.24, 2.45) is 0 Å². The van der Waals surface area contributed by atoms with Crippen molar-refractivity contribution in [2.45, 2.75) is 31.8 Å². The zero-order chi connectivity index (χ0) is 22.7. The van der Waals surface area contributed by atoms with E-state index in [1.807, 2.05) is 0 Å². The van der Waals surface area contributed by atoms with Crippen molar-refractivity contribution in [3.8, 4) is 17.2 Å². The molecule has 8 nitrogen and oxygen atoms in total. The zero-order valence-electron chi connectivity index (χ0n) is 18.2. The van der Waals surface area contributed by atoms with Gasteiger partial charge in [-0.3, -0.25) is 14.4 Å². The van der Waals surface area contributed by atoms with E-state index in [1.165, 1.54) is 0 Å². The molecule has 0 atom stereocenters. The second-order valence-electron chi connectivity index (χ2n) is 8.11. The molecule has 8 heteroatoms. The number of hydrogen-bond donors (Lipinski definition) is 1. The Morgan fingerprint density at radius 2 is 1.78 bits per heavy atom. The number of fused-ring (bicyclic) bond motifs is 1. The van der Waals surface area contributed by atoms with Crippen LogP contribution in [0.3, 0.4) is 0 Å². The van der Waals surface area contributed by atoms with E-state index in [4.69, 9.17) is 14.2 Å². The molecule has 32 heavy (non-hydrogen) atoms. The van der Waals surface area contributed by atoms with Gasteiger partial charge < -0.3 is 24.4 Å². The number of carbonyl (C=O) groups excluding carboxylic acids is 3. The first-order valence-electron chi connectivity index (χ1n) is 10.6. The maximum absolute atomic E-state index is 12.7. The summed E-state index contributed by atoms with van der Waals surface area (Å²) in [5, 5.41) is 2.76. The lowest BCUT2D eigenvalue weighted by Crippen LogP contribution is -2.51. The molecule has 1 spiro atoms. The van der Waals surface area contributed by atoms with Crippen LogP contribution >= 0.6 is 0 Å². The van der Waals surface area contributed by atoms with E-state index in [9.17, 15) is 14.4 Å². The molecule has 1 saturated heterocycles. The van der Waals surface area contributed by atoms with Crippen molar-refractivity contribution in [1.29, 1.82) is 0 Å². The van der Waals surface area contributed by atoms with Crippen LogP contribution in [0.25, 0.3) is 0 Å². The molecule has 1 fully saturated rings. The number of likely N-dealkylation sites (tertiary alicyclic amines) is 1. The van der Waals surface area contributed by atoms with Gasteiger partial charge in [0.2, 0.25) is 5.91 Å². The number of piperidine rings is 1. The van der Waals surface area contributed by atoms with Gasteiger partial charge in [-0.05, 0) is 36.4 Å². The first kappa shape index (κ1) is 21.7. The number of ether oxygens (including phenoxy) is 3. The minimum atomic E-state index is -0.597. The molecular weight excluding hydrogens is 412 g/mol. The number of benzene rings is 2. The van der Waals surface area contributed by atoms with Gasteiger partial charge in [0.05, 0.1) is 19.1 Å². The van der Waals surface area contributed by atoms with Crippen LogP contribution in [0.2, 0.25) is 0 Å². The quantitative estimate of drug-likeness (QED) is 0.771. The molecule has 2 heterocycles. The molecule has 2 amide bonds. The minimum Gasteiger partial charge on any atom is -0.497 e. The third kappa shape index (κ3) is 4.69. The van der Waals surface area contributed by atoms with Crippen molar-refractivity contribution < 1.29 is 28.6 Å². The SMILES string of the molecule is COc1ccc(NC(=O)COc2ccc3c(c2)OC2(CCN(C(C)=O)CC2)CC3=O)cc1. The topological polar surface area (TPSA) is 94.2 Å². The lowest BCUT2D eigenvalue weighted by Gasteiger charge is -2.43. The van der Waals surface area contributed by atoms with Gasteiger partial charge in [0.1, 0.15) is 22.8 Å². The summed E-state index contributed by atoms with van der Waals surface area (Å²) in [6.45, 7) is 2.51. The fourth-order valence-electron chi connectivity index (χ4n) is 4.09. The summed E-state index contributed by atoms with van der Waals surface area (Å²) in [5.41, 5.74) is 0.553. The molecule has 2 aliphatic heterocycles. The number of methoxy groups -OCH3 is 1. The molecule has 0 radical (unpaired) electrons. The summed E-state index contributed by atoms with van der Waals surface area (Å²) in [6, 6.07) is 12.0. The smallest absolute Gasteiger partial charge is 0.262 e. The predicted molar refractivity (Wildman–Crippen MR) is 117 cm³/mol. The first-order valence-corrected chi connectivity index (χ1v) is 10.6. The van der Waals surface area contributed by atoms with Gasteiger partial charge in [-0.1, -0.05) is 0 Å². The van der Waals surface area contributed by atoms with E-state index in [0.29, 0.717) is 60.9 Å². The van der Waals surface area contributed by atoms with Gasteiger partial charge in [0, 0.05) is 44.6 Å². The summed E-state index contributed by atoms with van der Waals surface area (Å²) < 4.78 is 17.0. The van der Waals surface area contributed by atoms with E-state index in [2.05, 4.69) is 5.32 Å². The lowest BCUT2D eigenvalue weighted by atomic mass is 9.82. The Morgan fingerprint density at radius 1 is 1.09 bits per heavy atom. The molecule has 2 aromatic rings. The fraction of sp³-hybridized carbons (Fsp3) is 0.375. The number of nitrogens with zero attached hydrogens (tertiary/aromatic N) is 1. The number of rotatable bonds is 5. The van der Waals surface area contributed by atoms with Crippen molar-refractivity contribution in [2.75, 3.05) is 32.1 Å². The molecule has 2 aromatic carbocycles. The van der Waals surface area contributed by atoms with Crippen LogP contribution in [0, 0.1) is 0 Å². The number of nitrogens with one attached hydrogen (secondary N) is 1. The van der Waals surface area contributed by atoms with Crippen LogP contribution in [0.5, 0.6) is 17.2 Å². The number of ketones is 1. The number of Topliss-reactive ketones (excluding diaryl/α,β-unsaturated/α-hetero) is 1. The maximum atomic E-state index is 12.7. The second kappa shape index (κ2) is 8.90. The monoisotopic (exact) mass is 438 g/mol. The predicted octanol–water partition coefficient (Wildman–Crippen LogP) is 3.06. The number of carbonyl (C=O) groups is 3. The zero-order valence-corrected chi connectivity index (χ0v) is 18.2. The van der Waals surface area contributed by atoms with Gasteiger partial charge in [-0.25, -0.2) is 0 Å². The highest BCUT2D eigenvalue weighted by molar-refractivity contribution is 6.00. The third-order valence-electron chi connectivity index (χ3n) is 5.93. The van der Waals surface area contributed by atoms with Gasteiger partial charge in [0.15, 0.2) is 12.4 Å². The number of anilines is 1. The van der Waals surface area contributed by atoms with Crippen LogP contribution < -0.4 is 19.5 Å². The summed E-state index contributed by atoms with van der Waals surface area (Å²) in [5.74, 6) is 1.35. The third-order valence-corrected chi connectivity index (χ3v) is 5.93. The largest absolute Gasteiger partial charge is 0.497 e. The van der Waals surface area contributed by atoms with Crippen LogP contribution in [0.15, 0.2) is 42.5 Å². The summed E-state index contributed by atoms with van der Waals surface area (Å²) >= 11 is 0. The Morgan fingerprint density at radius 3 is 2.44 bits per heavy atom. The average Bonchev–Trinajstić information content (AvgIpc) is 2.78. The molecular formula is C24H26N2O6. The van der Waals surface area contributed by atoms with Crippen molar-refractivity contribution in [3.63, 3.8) is 0 Å². The van der Waals surface area contributed by atoms with E-state index in [1.54, 1.807) is 61.4 Å². The highest BCUT2D eigenvalue weighted by Gasteiger charge is 2.43. The molecule has 1 N–H and O–H groups in total. The molecule has 2 aliphatic rings. The molecule has 168 valence electrons. The standard InChI is InChI=1S/C24H26N2O6/c1-16(27)26-11-9-24(10-12-26)14-21(28)20-8-7-19(13-22(20)32-24)31-15-23(29)25-17-3-5-18(30-2)6-4-17/h3-8,13H,9-12,14-15H2,1-2H3,(H,25,29). The van der Waals surface area contributed by atoms with Crippen LogP contribution in [-0.4, -0.2) is 54.9 Å². The van der Waals surface area contributed by atoms with Gasteiger partial charge >= 0.3 is 0 Å². The Bertz CT molecular complexity index is 1030. The summed E-state index contributed by atoms with van der Waals surface area (Å²) in [7, 11) is 1.58. The summed E-state index contributed by atoms with van der Waals surface area (Å²) in [6.07, 6.45) is 1.51. The highest BCUT2D eigenvalue weighted by Crippen LogP contribution is 2.40. The van der Waals surface area contributed by atoms with E-state index in [-0.39, 0.29) is 24.2 Å². The lowest BCUT2D eigenvalue weighted by molar-refractivity contribution is -0.132. The van der Waals surface area contributed by atoms with Crippen molar-refractivity contribution in [3.05, 3.63) is 48.0 Å². The summed E-state index contributed by atoms with van der Waals surface area (Å²) in [4.78, 5) is 38.3. The van der Waals surface area contributed by atoms with Crippen molar-refractivity contribution >= 4 is 23.3 Å². The molecule has 0 unspecified atom stereocenters. The Kier molecular flexibility index (Phi) is 6.03. The molecule has 0 aromatic heterocycles. The van der Waals surface area contributed by atoms with Crippen LogP contribution in [-0.2, 0) is 9.59 Å². The van der Waals surface area contributed by atoms with Crippen LogP contribution in [0.1, 0.15) is 36.5 Å². The normalized spacial score (nSPS) is 16.7. The Labute approximate surface area is 186 Å². The fourth-order valence-corrected chi connectivity index (χ4v) is 4.09. The van der Waals surface area contributed by atoms with Gasteiger partial charge in [-0.2, -0.15) is 0 Å². The Hall–Kier alpha value is -3.55. The van der Waals surface area contributed by atoms with Gasteiger partial charge in [0.25, 0.3) is 5.91 Å². The molecule has 0 saturated carbocycles. The number of hydrogen-bond acceptors (Lipinski definition) is 6. The van der Waals surface area contributed by atoms with E-state index in [0.717, 1.165) is 0 Å². The second-order valence-corrected chi connectivity index (χ2v) is 8.11. The molecule has 0 aliphatic carbocycles. The Balaban J connectivity index is 1.38. The number of amides is 2. The van der Waals surface area contributed by atoms with Crippen molar-refractivity contribution in [1.82, 2.24) is 4.90 Å². The van der Waals surface area contributed by atoms with E-state index >= 15 is 0 Å². The maximum Gasteiger partial charge on any atom is 0.262 e.